The van der Waals surface area contributed by atoms with E-state index < -0.39 is 5.97 Å². The highest BCUT2D eigenvalue weighted by atomic mass is 32.1. The Morgan fingerprint density at radius 2 is 1.76 bits per heavy atom. The summed E-state index contributed by atoms with van der Waals surface area (Å²) < 4.78 is 0. The highest BCUT2D eigenvalue weighted by Crippen LogP contribution is 1.99. The molecule has 1 N–H and O–H groups in total. The molecule has 0 aliphatic carbocycles. The highest BCUT2D eigenvalue weighted by Gasteiger charge is 1.87. The van der Waals surface area contributed by atoms with Gasteiger partial charge in [0, 0.05) is 6.08 Å². The molecule has 2 rings (SSSR count). The molecule has 0 bridgehead atoms. The van der Waals surface area contributed by atoms with Crippen LogP contribution in [0.15, 0.2) is 65.4 Å². The first-order chi connectivity index (χ1) is 8.29. The minimum absolute atomic E-state index is 0.674. The average molecular weight is 246 g/mol. The Bertz CT molecular complexity index is 415. The van der Waals surface area contributed by atoms with Gasteiger partial charge < -0.3 is 5.11 Å². The molecule has 0 aliphatic heterocycles. The lowest BCUT2D eigenvalue weighted by molar-refractivity contribution is -0.131. The van der Waals surface area contributed by atoms with Crippen LogP contribution >= 0.6 is 11.3 Å². The molecule has 1 aromatic heterocycles. The first-order valence-corrected chi connectivity index (χ1v) is 6.14. The van der Waals surface area contributed by atoms with Crippen molar-refractivity contribution in [3.05, 3.63) is 70.9 Å². The summed E-state index contributed by atoms with van der Waals surface area (Å²) >= 11 is 1.71. The van der Waals surface area contributed by atoms with Gasteiger partial charge in [-0.3, -0.25) is 0 Å². The van der Waals surface area contributed by atoms with Gasteiger partial charge in [-0.15, -0.1) is 0 Å². The van der Waals surface area contributed by atoms with E-state index in [2.05, 4.69) is 0 Å². The molecular weight excluding hydrogens is 232 g/mol. The first-order valence-electron chi connectivity index (χ1n) is 5.19. The molecule has 1 heterocycles. The second-order valence-corrected chi connectivity index (χ2v) is 4.04. The standard InChI is InChI=1S/C10H10O2.C4H4S/c11-10(12)8-4-7-9-5-2-1-3-6-9;1-2-4-5-3-1/h1-6,8H,7H2,(H,11,12);1-4H. The van der Waals surface area contributed by atoms with Crippen molar-refractivity contribution < 1.29 is 9.90 Å². The first kappa shape index (κ1) is 13.2. The molecule has 17 heavy (non-hydrogen) atoms. The molecule has 3 heteroatoms. The lowest BCUT2D eigenvalue weighted by Gasteiger charge is -1.92. The van der Waals surface area contributed by atoms with Gasteiger partial charge in [0.2, 0.25) is 0 Å². The Kier molecular flexibility index (Phi) is 6.44. The fraction of sp³-hybridized carbons (Fsp3) is 0.0714. The molecule has 0 saturated heterocycles. The van der Waals surface area contributed by atoms with E-state index in [9.17, 15) is 4.79 Å². The fourth-order valence-corrected chi connectivity index (χ4v) is 1.59. The highest BCUT2D eigenvalue weighted by molar-refractivity contribution is 7.07. The molecule has 0 atom stereocenters. The number of hydrogen-bond donors (Lipinski definition) is 1. The summed E-state index contributed by atoms with van der Waals surface area (Å²) in [7, 11) is 0. The van der Waals surface area contributed by atoms with Gasteiger partial charge >= 0.3 is 5.97 Å². The van der Waals surface area contributed by atoms with Crippen molar-refractivity contribution in [1.29, 1.82) is 0 Å². The van der Waals surface area contributed by atoms with Crippen LogP contribution in [-0.2, 0) is 11.2 Å². The van der Waals surface area contributed by atoms with Crippen molar-refractivity contribution in [1.82, 2.24) is 0 Å². The molecule has 2 nitrogen and oxygen atoms in total. The van der Waals surface area contributed by atoms with Crippen molar-refractivity contribution in [2.24, 2.45) is 0 Å². The summed E-state index contributed by atoms with van der Waals surface area (Å²) in [5, 5.41) is 12.4. The van der Waals surface area contributed by atoms with Gasteiger partial charge in [-0.2, -0.15) is 11.3 Å². The number of rotatable bonds is 3. The zero-order chi connectivity index (χ0) is 12.3. The quantitative estimate of drug-likeness (QED) is 0.840. The van der Waals surface area contributed by atoms with Crippen LogP contribution in [0.2, 0.25) is 0 Å². The van der Waals surface area contributed by atoms with E-state index >= 15 is 0 Å². The van der Waals surface area contributed by atoms with E-state index in [1.165, 1.54) is 0 Å². The largest absolute Gasteiger partial charge is 0.478 e. The van der Waals surface area contributed by atoms with Crippen LogP contribution in [0.1, 0.15) is 5.56 Å². The molecule has 0 unspecified atom stereocenters. The maximum Gasteiger partial charge on any atom is 0.327 e. The third kappa shape index (κ3) is 7.09. The van der Waals surface area contributed by atoms with Crippen LogP contribution in [0, 0.1) is 0 Å². The van der Waals surface area contributed by atoms with Crippen LogP contribution in [0.3, 0.4) is 0 Å². The predicted molar refractivity (Wildman–Crippen MR) is 71.2 cm³/mol. The molecule has 1 aromatic carbocycles. The van der Waals surface area contributed by atoms with E-state index in [1.807, 2.05) is 53.2 Å². The van der Waals surface area contributed by atoms with Crippen LogP contribution in [0.5, 0.6) is 0 Å². The topological polar surface area (TPSA) is 37.3 Å². The SMILES string of the molecule is O=C(O)C=CCc1ccccc1.c1ccsc1. The van der Waals surface area contributed by atoms with Crippen molar-refractivity contribution in [3.63, 3.8) is 0 Å². The number of hydrogen-bond acceptors (Lipinski definition) is 2. The number of aliphatic carboxylic acids is 1. The van der Waals surface area contributed by atoms with Crippen LogP contribution < -0.4 is 0 Å². The molecule has 0 radical (unpaired) electrons. The molecule has 0 fully saturated rings. The maximum absolute atomic E-state index is 10.1. The van der Waals surface area contributed by atoms with Crippen LogP contribution in [-0.4, -0.2) is 11.1 Å². The number of carboxylic acids is 1. The number of benzene rings is 1. The fourth-order valence-electron chi connectivity index (χ4n) is 1.14. The molecule has 0 spiro atoms. The molecule has 88 valence electrons. The minimum Gasteiger partial charge on any atom is -0.478 e. The number of thiophene rings is 1. The summed E-state index contributed by atoms with van der Waals surface area (Å²) in [6.45, 7) is 0. The Balaban J connectivity index is 0.000000239. The second kappa shape index (κ2) is 8.30. The van der Waals surface area contributed by atoms with Gasteiger partial charge in [-0.05, 0) is 22.7 Å². The lowest BCUT2D eigenvalue weighted by atomic mass is 10.1. The van der Waals surface area contributed by atoms with Gasteiger partial charge in [0.15, 0.2) is 0 Å². The van der Waals surface area contributed by atoms with Gasteiger partial charge in [0.25, 0.3) is 0 Å². The van der Waals surface area contributed by atoms with E-state index in [0.717, 1.165) is 11.6 Å². The average Bonchev–Trinajstić information content (AvgIpc) is 2.88. The zero-order valence-corrected chi connectivity index (χ0v) is 10.1. The van der Waals surface area contributed by atoms with Crippen LogP contribution in [0.25, 0.3) is 0 Å². The van der Waals surface area contributed by atoms with Crippen molar-refractivity contribution in [3.8, 4) is 0 Å². The van der Waals surface area contributed by atoms with Crippen molar-refractivity contribution in [2.75, 3.05) is 0 Å². The molecule has 2 aromatic rings. The lowest BCUT2D eigenvalue weighted by Crippen LogP contribution is -1.87. The Hall–Kier alpha value is -1.87. The number of allylic oxidation sites excluding steroid dienone is 1. The summed E-state index contributed by atoms with van der Waals surface area (Å²) in [6, 6.07) is 13.8. The van der Waals surface area contributed by atoms with Gasteiger partial charge in [-0.25, -0.2) is 4.79 Å². The van der Waals surface area contributed by atoms with E-state index in [0.29, 0.717) is 6.42 Å². The smallest absolute Gasteiger partial charge is 0.327 e. The number of carbonyl (C=O) groups is 1. The minimum atomic E-state index is -0.897. The van der Waals surface area contributed by atoms with Gasteiger partial charge in [0.1, 0.15) is 0 Å². The molecule has 0 amide bonds. The summed E-state index contributed by atoms with van der Waals surface area (Å²) in [5.74, 6) is -0.897. The van der Waals surface area contributed by atoms with Gasteiger partial charge in [0.05, 0.1) is 0 Å². The Labute approximate surface area is 105 Å². The van der Waals surface area contributed by atoms with Crippen LogP contribution in [0.4, 0.5) is 0 Å². The molecule has 0 saturated carbocycles. The van der Waals surface area contributed by atoms with Crippen molar-refractivity contribution >= 4 is 17.3 Å². The molecular formula is C14H14O2S. The van der Waals surface area contributed by atoms with Gasteiger partial charge in [-0.1, -0.05) is 48.5 Å². The second-order valence-electron chi connectivity index (χ2n) is 3.22. The predicted octanol–water partition coefficient (Wildman–Crippen LogP) is 3.62. The molecule has 0 aliphatic rings. The summed E-state index contributed by atoms with van der Waals surface area (Å²) in [6.07, 6.45) is 3.47. The maximum atomic E-state index is 10.1. The third-order valence-corrected chi connectivity index (χ3v) is 2.51. The Morgan fingerprint density at radius 1 is 1.12 bits per heavy atom. The normalized spacial score (nSPS) is 9.65. The third-order valence-electron chi connectivity index (χ3n) is 1.88. The monoisotopic (exact) mass is 246 g/mol. The van der Waals surface area contributed by atoms with E-state index in [4.69, 9.17) is 5.11 Å². The number of carboxylic acid groups (broad SMARTS) is 1. The summed E-state index contributed by atoms with van der Waals surface area (Å²) in [5.41, 5.74) is 1.12. The van der Waals surface area contributed by atoms with E-state index in [-0.39, 0.29) is 0 Å². The van der Waals surface area contributed by atoms with E-state index in [1.54, 1.807) is 17.4 Å². The Morgan fingerprint density at radius 3 is 2.24 bits per heavy atom. The summed E-state index contributed by atoms with van der Waals surface area (Å²) in [4.78, 5) is 10.1. The van der Waals surface area contributed by atoms with Crippen molar-refractivity contribution in [2.45, 2.75) is 6.42 Å². The zero-order valence-electron chi connectivity index (χ0n) is 9.32.